The number of benzene rings is 1. The van der Waals surface area contributed by atoms with Crippen LogP contribution in [-0.2, 0) is 16.0 Å². The molecule has 0 bridgehead atoms. The lowest BCUT2D eigenvalue weighted by atomic mass is 9.96. The summed E-state index contributed by atoms with van der Waals surface area (Å²) in [6.45, 7) is 4.76. The summed E-state index contributed by atoms with van der Waals surface area (Å²) < 4.78 is 0. The highest BCUT2D eigenvalue weighted by atomic mass is 16.2. The number of hydrogen-bond acceptors (Lipinski definition) is 5. The van der Waals surface area contributed by atoms with E-state index in [9.17, 15) is 9.59 Å². The van der Waals surface area contributed by atoms with Crippen molar-refractivity contribution in [1.82, 2.24) is 16.0 Å². The van der Waals surface area contributed by atoms with Crippen LogP contribution in [0.2, 0.25) is 0 Å². The molecule has 0 saturated carbocycles. The standard InChI is InChI=1S/C20H34N6O2/c1-3-16(18(27)15(21)13-14-9-6-5-7-10-14)26-17(19(28)24-4-2)11-8-12-25-20(22)23/h5-7,9-10,15-17,26H,3-4,8,11-13,21H2,1-2H3,(H,24,28)(H4,22,23,25). The molecule has 0 aromatic heterocycles. The van der Waals surface area contributed by atoms with E-state index in [2.05, 4.69) is 16.0 Å². The second-order valence-electron chi connectivity index (χ2n) is 6.76. The lowest BCUT2D eigenvalue weighted by Gasteiger charge is -2.25. The van der Waals surface area contributed by atoms with E-state index < -0.39 is 18.1 Å². The van der Waals surface area contributed by atoms with Crippen LogP contribution in [0.1, 0.15) is 38.7 Å². The van der Waals surface area contributed by atoms with E-state index in [0.717, 1.165) is 5.56 Å². The Morgan fingerprint density at radius 1 is 1.11 bits per heavy atom. The van der Waals surface area contributed by atoms with E-state index >= 15 is 0 Å². The van der Waals surface area contributed by atoms with Crippen molar-refractivity contribution in [2.24, 2.45) is 11.5 Å². The van der Waals surface area contributed by atoms with Gasteiger partial charge in [0.1, 0.15) is 0 Å². The number of Topliss-reactive ketones (excluding diaryl/α,β-unsaturated/α-hetero) is 1. The third-order valence-electron chi connectivity index (χ3n) is 4.47. The van der Waals surface area contributed by atoms with Gasteiger partial charge in [-0.15, -0.1) is 0 Å². The van der Waals surface area contributed by atoms with Crippen LogP contribution in [0.4, 0.5) is 0 Å². The molecule has 1 aromatic carbocycles. The number of hydrogen-bond donors (Lipinski definition) is 6. The Kier molecular flexibility index (Phi) is 10.8. The first-order valence-electron chi connectivity index (χ1n) is 9.83. The molecule has 0 spiro atoms. The molecule has 1 aromatic rings. The monoisotopic (exact) mass is 390 g/mol. The number of nitrogens with two attached hydrogens (primary N) is 2. The SMILES string of the molecule is CCNC(=O)C(CCCNC(=N)N)NC(CC)C(=O)C(N)Cc1ccccc1. The highest BCUT2D eigenvalue weighted by molar-refractivity contribution is 5.90. The van der Waals surface area contributed by atoms with Crippen molar-refractivity contribution in [3.05, 3.63) is 35.9 Å². The van der Waals surface area contributed by atoms with Crippen molar-refractivity contribution in [3.63, 3.8) is 0 Å². The molecule has 0 fully saturated rings. The van der Waals surface area contributed by atoms with Crippen LogP contribution in [0, 0.1) is 5.41 Å². The van der Waals surface area contributed by atoms with Gasteiger partial charge in [0.25, 0.3) is 0 Å². The predicted molar refractivity (Wildman–Crippen MR) is 112 cm³/mol. The van der Waals surface area contributed by atoms with Crippen molar-refractivity contribution in [1.29, 1.82) is 5.41 Å². The van der Waals surface area contributed by atoms with E-state index in [-0.39, 0.29) is 17.6 Å². The van der Waals surface area contributed by atoms with Crippen molar-refractivity contribution in [2.75, 3.05) is 13.1 Å². The topological polar surface area (TPSA) is 146 Å². The molecule has 0 heterocycles. The summed E-state index contributed by atoms with van der Waals surface area (Å²) >= 11 is 0. The molecule has 1 rings (SSSR count). The average molecular weight is 391 g/mol. The van der Waals surface area contributed by atoms with Gasteiger partial charge in [0, 0.05) is 13.1 Å². The first-order chi connectivity index (χ1) is 13.4. The maximum atomic E-state index is 12.8. The summed E-state index contributed by atoms with van der Waals surface area (Å²) in [7, 11) is 0. The third kappa shape index (κ3) is 8.49. The molecular formula is C20H34N6O2. The minimum absolute atomic E-state index is 0.0949. The van der Waals surface area contributed by atoms with Gasteiger partial charge in [0.05, 0.1) is 18.1 Å². The summed E-state index contributed by atoms with van der Waals surface area (Å²) in [5.74, 6) is -0.341. The summed E-state index contributed by atoms with van der Waals surface area (Å²) in [5.41, 5.74) is 12.4. The van der Waals surface area contributed by atoms with Gasteiger partial charge in [-0.3, -0.25) is 20.3 Å². The van der Waals surface area contributed by atoms with Gasteiger partial charge in [-0.05, 0) is 38.2 Å². The summed E-state index contributed by atoms with van der Waals surface area (Å²) in [6.07, 6.45) is 2.16. The van der Waals surface area contributed by atoms with Crippen LogP contribution in [0.25, 0.3) is 0 Å². The zero-order valence-corrected chi connectivity index (χ0v) is 16.8. The van der Waals surface area contributed by atoms with E-state index in [4.69, 9.17) is 16.9 Å². The van der Waals surface area contributed by atoms with Crippen molar-refractivity contribution >= 4 is 17.6 Å². The van der Waals surface area contributed by atoms with E-state index in [1.165, 1.54) is 0 Å². The molecule has 8 heteroatoms. The summed E-state index contributed by atoms with van der Waals surface area (Å²) in [4.78, 5) is 25.2. The van der Waals surface area contributed by atoms with Crippen molar-refractivity contribution in [3.8, 4) is 0 Å². The fraction of sp³-hybridized carbons (Fsp3) is 0.550. The smallest absolute Gasteiger partial charge is 0.237 e. The fourth-order valence-corrected chi connectivity index (χ4v) is 2.99. The van der Waals surface area contributed by atoms with Crippen molar-refractivity contribution < 1.29 is 9.59 Å². The highest BCUT2D eigenvalue weighted by Crippen LogP contribution is 2.08. The van der Waals surface area contributed by atoms with E-state index in [0.29, 0.717) is 38.8 Å². The average Bonchev–Trinajstić information content (AvgIpc) is 2.67. The predicted octanol–water partition coefficient (Wildman–Crippen LogP) is 0.262. The van der Waals surface area contributed by atoms with Crippen LogP contribution in [0.3, 0.4) is 0 Å². The Balaban J connectivity index is 2.70. The summed E-state index contributed by atoms with van der Waals surface area (Å²) in [6, 6.07) is 8.02. The van der Waals surface area contributed by atoms with E-state index in [1.54, 1.807) is 0 Å². The van der Waals surface area contributed by atoms with Gasteiger partial charge < -0.3 is 22.1 Å². The normalized spacial score (nSPS) is 14.0. The molecule has 0 saturated heterocycles. The number of carbonyl (C=O) groups excluding carboxylic acids is 2. The van der Waals surface area contributed by atoms with Gasteiger partial charge >= 0.3 is 0 Å². The van der Waals surface area contributed by atoms with Crippen molar-refractivity contribution in [2.45, 2.75) is 57.7 Å². The molecule has 1 amide bonds. The van der Waals surface area contributed by atoms with Gasteiger partial charge in [-0.25, -0.2) is 0 Å². The van der Waals surface area contributed by atoms with Crippen LogP contribution >= 0.6 is 0 Å². The Bertz CT molecular complexity index is 622. The fourth-order valence-electron chi connectivity index (χ4n) is 2.99. The Morgan fingerprint density at radius 3 is 2.36 bits per heavy atom. The van der Waals surface area contributed by atoms with Crippen LogP contribution in [-0.4, -0.2) is 48.9 Å². The number of ketones is 1. The second kappa shape index (κ2) is 12.9. The van der Waals surface area contributed by atoms with Gasteiger partial charge in [-0.2, -0.15) is 0 Å². The minimum atomic E-state index is -0.630. The molecule has 0 aliphatic carbocycles. The Labute approximate surface area is 167 Å². The molecule has 8 nitrogen and oxygen atoms in total. The maximum absolute atomic E-state index is 12.8. The van der Waals surface area contributed by atoms with Crippen LogP contribution < -0.4 is 27.4 Å². The zero-order chi connectivity index (χ0) is 20.9. The molecular weight excluding hydrogens is 356 g/mol. The van der Waals surface area contributed by atoms with E-state index in [1.807, 2.05) is 44.2 Å². The first kappa shape index (κ1) is 23.6. The number of likely N-dealkylation sites (N-methyl/N-ethyl adjacent to an activating group) is 1. The number of nitrogens with one attached hydrogen (secondary N) is 4. The number of amides is 1. The second-order valence-corrected chi connectivity index (χ2v) is 6.76. The summed E-state index contributed by atoms with van der Waals surface area (Å²) in [5, 5.41) is 15.9. The molecule has 3 unspecified atom stereocenters. The maximum Gasteiger partial charge on any atom is 0.237 e. The lowest BCUT2D eigenvalue weighted by molar-refractivity contribution is -0.125. The molecule has 3 atom stereocenters. The minimum Gasteiger partial charge on any atom is -0.370 e. The molecule has 0 radical (unpaired) electrons. The van der Waals surface area contributed by atoms with Crippen LogP contribution in [0.15, 0.2) is 30.3 Å². The number of rotatable bonds is 13. The molecule has 0 aliphatic heterocycles. The lowest BCUT2D eigenvalue weighted by Crippen LogP contribution is -2.54. The third-order valence-corrected chi connectivity index (χ3v) is 4.47. The zero-order valence-electron chi connectivity index (χ0n) is 16.8. The first-order valence-corrected chi connectivity index (χ1v) is 9.83. The van der Waals surface area contributed by atoms with Gasteiger partial charge in [0.15, 0.2) is 11.7 Å². The molecule has 156 valence electrons. The van der Waals surface area contributed by atoms with Gasteiger partial charge in [0.2, 0.25) is 5.91 Å². The molecule has 28 heavy (non-hydrogen) atoms. The Morgan fingerprint density at radius 2 is 1.79 bits per heavy atom. The number of carbonyl (C=O) groups is 2. The molecule has 8 N–H and O–H groups in total. The largest absolute Gasteiger partial charge is 0.370 e. The quantitative estimate of drug-likeness (QED) is 0.162. The van der Waals surface area contributed by atoms with Crippen LogP contribution in [0.5, 0.6) is 0 Å². The molecule has 0 aliphatic rings. The number of guanidine groups is 1. The van der Waals surface area contributed by atoms with Gasteiger partial charge in [-0.1, -0.05) is 37.3 Å². The highest BCUT2D eigenvalue weighted by Gasteiger charge is 2.28. The Hall–Kier alpha value is -2.45.